The molecule has 3 rings (SSSR count). The van der Waals surface area contributed by atoms with Gasteiger partial charge >= 0.3 is 0 Å². The van der Waals surface area contributed by atoms with Crippen LogP contribution in [0, 0.1) is 0 Å². The minimum Gasteiger partial charge on any atom is -0.256 e. The lowest BCUT2D eigenvalue weighted by Crippen LogP contribution is -1.88. The molecule has 0 unspecified atom stereocenters. The molecule has 1 heterocycles. The van der Waals surface area contributed by atoms with Crippen LogP contribution >= 0.6 is 69.6 Å². The number of hydrogen-bond acceptors (Lipinski definition) is 1. The lowest BCUT2D eigenvalue weighted by molar-refractivity contribution is 1.33. The number of aromatic nitrogens is 1. The first-order valence-electron chi connectivity index (χ1n) is 6.64. The van der Waals surface area contributed by atoms with E-state index in [4.69, 9.17) is 69.6 Å². The van der Waals surface area contributed by atoms with Gasteiger partial charge in [0, 0.05) is 17.3 Å². The Morgan fingerprint density at radius 2 is 1.12 bits per heavy atom. The Kier molecular flexibility index (Phi) is 5.51. The average molecular weight is 438 g/mol. The van der Waals surface area contributed by atoms with Crippen LogP contribution in [0.4, 0.5) is 0 Å². The zero-order chi connectivity index (χ0) is 17.4. The standard InChI is InChI=1S/C17H7Cl6N/c18-11-3-1-9(14(20)16(11)22)8-5-6-24-13(7-8)10-2-4-12(19)17(23)15(10)21/h1-7H. The van der Waals surface area contributed by atoms with Gasteiger partial charge in [0.05, 0.1) is 35.8 Å². The fourth-order valence-electron chi connectivity index (χ4n) is 2.22. The number of hydrogen-bond donors (Lipinski definition) is 0. The maximum atomic E-state index is 6.31. The number of rotatable bonds is 2. The lowest BCUT2D eigenvalue weighted by atomic mass is 10.0. The van der Waals surface area contributed by atoms with Gasteiger partial charge in [0.2, 0.25) is 0 Å². The Balaban J connectivity index is 2.15. The first-order valence-corrected chi connectivity index (χ1v) is 8.90. The SMILES string of the molecule is Clc1ccc(-c2ccnc(-c3ccc(Cl)c(Cl)c3Cl)c2)c(Cl)c1Cl. The summed E-state index contributed by atoms with van der Waals surface area (Å²) < 4.78 is 0. The van der Waals surface area contributed by atoms with Gasteiger partial charge in [-0.15, -0.1) is 0 Å². The average Bonchev–Trinajstić information content (AvgIpc) is 2.58. The normalized spacial score (nSPS) is 10.9. The van der Waals surface area contributed by atoms with Crippen molar-refractivity contribution in [2.24, 2.45) is 0 Å². The predicted octanol–water partition coefficient (Wildman–Crippen LogP) is 8.34. The second kappa shape index (κ2) is 7.29. The second-order valence-corrected chi connectivity index (χ2v) is 7.20. The summed E-state index contributed by atoms with van der Waals surface area (Å²) >= 11 is 36.8. The van der Waals surface area contributed by atoms with E-state index in [-0.39, 0.29) is 5.02 Å². The fraction of sp³-hybridized carbons (Fsp3) is 0. The highest BCUT2D eigenvalue weighted by Crippen LogP contribution is 2.41. The third-order valence-corrected chi connectivity index (χ3v) is 6.00. The van der Waals surface area contributed by atoms with Crippen molar-refractivity contribution in [1.82, 2.24) is 4.98 Å². The van der Waals surface area contributed by atoms with E-state index in [9.17, 15) is 0 Å². The molecule has 0 saturated heterocycles. The number of pyridine rings is 1. The van der Waals surface area contributed by atoms with Crippen LogP contribution in [-0.2, 0) is 0 Å². The Morgan fingerprint density at radius 1 is 0.583 bits per heavy atom. The summed E-state index contributed by atoms with van der Waals surface area (Å²) in [4.78, 5) is 4.35. The molecule has 0 fully saturated rings. The second-order valence-electron chi connectivity index (χ2n) is 4.88. The molecule has 0 bridgehead atoms. The maximum Gasteiger partial charge on any atom is 0.0785 e. The van der Waals surface area contributed by atoms with Gasteiger partial charge < -0.3 is 0 Å². The topological polar surface area (TPSA) is 12.9 Å². The first kappa shape index (κ1) is 18.1. The largest absolute Gasteiger partial charge is 0.256 e. The molecule has 3 aromatic rings. The first-order chi connectivity index (χ1) is 11.4. The molecule has 1 nitrogen and oxygen atoms in total. The highest BCUT2D eigenvalue weighted by Gasteiger charge is 2.14. The minimum atomic E-state index is 0.288. The van der Waals surface area contributed by atoms with E-state index in [2.05, 4.69) is 4.98 Å². The van der Waals surface area contributed by atoms with Gasteiger partial charge in [-0.25, -0.2) is 0 Å². The molecule has 0 aliphatic rings. The van der Waals surface area contributed by atoms with Crippen LogP contribution in [0.5, 0.6) is 0 Å². The Labute approximate surface area is 169 Å². The van der Waals surface area contributed by atoms with Crippen molar-refractivity contribution in [3.05, 3.63) is 72.7 Å². The maximum absolute atomic E-state index is 6.31. The van der Waals surface area contributed by atoms with Crippen LogP contribution in [0.25, 0.3) is 22.4 Å². The van der Waals surface area contributed by atoms with Crippen molar-refractivity contribution < 1.29 is 0 Å². The van der Waals surface area contributed by atoms with Crippen LogP contribution in [0.15, 0.2) is 42.6 Å². The van der Waals surface area contributed by atoms with Crippen molar-refractivity contribution in [2.75, 3.05) is 0 Å². The van der Waals surface area contributed by atoms with Crippen molar-refractivity contribution in [1.29, 1.82) is 0 Å². The summed E-state index contributed by atoms with van der Waals surface area (Å²) in [5.74, 6) is 0. The quantitative estimate of drug-likeness (QED) is 0.367. The lowest BCUT2D eigenvalue weighted by Gasteiger charge is -2.11. The molecule has 0 spiro atoms. The predicted molar refractivity (Wildman–Crippen MR) is 105 cm³/mol. The van der Waals surface area contributed by atoms with Gasteiger partial charge in [0.25, 0.3) is 0 Å². The third-order valence-electron chi connectivity index (χ3n) is 3.42. The molecule has 0 N–H and O–H groups in total. The highest BCUT2D eigenvalue weighted by atomic mass is 35.5. The summed E-state index contributed by atoms with van der Waals surface area (Å²) in [6.07, 6.45) is 1.66. The molecule has 0 saturated carbocycles. The Hall–Kier alpha value is -0.670. The number of nitrogens with zero attached hydrogens (tertiary/aromatic N) is 1. The molecule has 0 aliphatic carbocycles. The van der Waals surface area contributed by atoms with Crippen LogP contribution in [0.1, 0.15) is 0 Å². The molecule has 2 aromatic carbocycles. The van der Waals surface area contributed by atoms with Gasteiger partial charge in [-0.1, -0.05) is 75.7 Å². The van der Waals surface area contributed by atoms with Crippen molar-refractivity contribution in [2.45, 2.75) is 0 Å². The van der Waals surface area contributed by atoms with Crippen molar-refractivity contribution >= 4 is 69.6 Å². The van der Waals surface area contributed by atoms with Crippen molar-refractivity contribution in [3.63, 3.8) is 0 Å². The molecule has 0 atom stereocenters. The Bertz CT molecular complexity index is 866. The smallest absolute Gasteiger partial charge is 0.0785 e. The van der Waals surface area contributed by atoms with E-state index >= 15 is 0 Å². The summed E-state index contributed by atoms with van der Waals surface area (Å²) in [5.41, 5.74) is 2.87. The van der Waals surface area contributed by atoms with E-state index in [1.807, 2.05) is 12.1 Å². The minimum absolute atomic E-state index is 0.288. The van der Waals surface area contributed by atoms with Crippen LogP contribution in [-0.4, -0.2) is 4.98 Å². The highest BCUT2D eigenvalue weighted by molar-refractivity contribution is 6.50. The van der Waals surface area contributed by atoms with Gasteiger partial charge in [-0.2, -0.15) is 0 Å². The van der Waals surface area contributed by atoms with E-state index in [1.54, 1.807) is 30.5 Å². The fourth-order valence-corrected chi connectivity index (χ4v) is 3.49. The number of benzene rings is 2. The van der Waals surface area contributed by atoms with E-state index < -0.39 is 0 Å². The van der Waals surface area contributed by atoms with Crippen LogP contribution in [0.3, 0.4) is 0 Å². The van der Waals surface area contributed by atoms with Crippen molar-refractivity contribution in [3.8, 4) is 22.4 Å². The molecule has 7 heteroatoms. The van der Waals surface area contributed by atoms with Crippen LogP contribution in [0.2, 0.25) is 30.1 Å². The third kappa shape index (κ3) is 3.35. The molecule has 122 valence electrons. The van der Waals surface area contributed by atoms with Gasteiger partial charge in [-0.05, 0) is 35.9 Å². The molecule has 24 heavy (non-hydrogen) atoms. The number of halogens is 6. The van der Waals surface area contributed by atoms with Gasteiger partial charge in [0.15, 0.2) is 0 Å². The molecule has 0 aliphatic heterocycles. The molecule has 1 aromatic heterocycles. The zero-order valence-corrected chi connectivity index (χ0v) is 16.3. The summed E-state index contributed by atoms with van der Waals surface area (Å²) in [5, 5.41) is 2.09. The van der Waals surface area contributed by atoms with E-state index in [0.717, 1.165) is 11.1 Å². The van der Waals surface area contributed by atoms with Crippen LogP contribution < -0.4 is 0 Å². The van der Waals surface area contributed by atoms with Gasteiger partial charge in [0.1, 0.15) is 0 Å². The summed E-state index contributed by atoms with van der Waals surface area (Å²) in [6.45, 7) is 0. The zero-order valence-electron chi connectivity index (χ0n) is 11.8. The molecule has 0 amide bonds. The summed E-state index contributed by atoms with van der Waals surface area (Å²) in [7, 11) is 0. The Morgan fingerprint density at radius 3 is 1.75 bits per heavy atom. The summed E-state index contributed by atoms with van der Waals surface area (Å²) in [6, 6.07) is 10.6. The molecular formula is C17H7Cl6N. The van der Waals surface area contributed by atoms with Gasteiger partial charge in [-0.3, -0.25) is 4.98 Å². The van der Waals surface area contributed by atoms with E-state index in [1.165, 1.54) is 0 Å². The molecular weight excluding hydrogens is 431 g/mol. The monoisotopic (exact) mass is 435 g/mol. The molecule has 0 radical (unpaired) electrons. The van der Waals surface area contributed by atoms with E-state index in [0.29, 0.717) is 36.4 Å².